The molecule has 6 nitrogen and oxygen atoms in total. The molecule has 2 atom stereocenters. The number of nitrogens with two attached hydrogens (primary N) is 1. The van der Waals surface area contributed by atoms with Gasteiger partial charge in [0.15, 0.2) is 5.06 Å². The zero-order chi connectivity index (χ0) is 17.2. The van der Waals surface area contributed by atoms with Crippen molar-refractivity contribution >= 4 is 24.9 Å². The van der Waals surface area contributed by atoms with Gasteiger partial charge < -0.3 is 21.1 Å². The smallest absolute Gasteiger partial charge is 0.220 e. The van der Waals surface area contributed by atoms with Gasteiger partial charge >= 0.3 is 0 Å². The maximum Gasteiger partial charge on any atom is 0.220 e. The highest BCUT2D eigenvalue weighted by molar-refractivity contribution is 7.81. The predicted octanol–water partition coefficient (Wildman–Crippen LogP) is 1.40. The van der Waals surface area contributed by atoms with E-state index in [0.29, 0.717) is 26.0 Å². The van der Waals surface area contributed by atoms with Gasteiger partial charge in [-0.15, -0.1) is 12.6 Å². The summed E-state index contributed by atoms with van der Waals surface area (Å²) in [4.78, 5) is 22.3. The molecule has 0 aromatic carbocycles. The molecule has 0 bridgehead atoms. The summed E-state index contributed by atoms with van der Waals surface area (Å²) >= 11 is 4.19. The molecule has 0 aliphatic carbocycles. The Morgan fingerprint density at radius 2 is 2.00 bits per heavy atom. The van der Waals surface area contributed by atoms with Crippen LogP contribution in [0.2, 0.25) is 0 Å². The average Bonchev–Trinajstić information content (AvgIpc) is 2.35. The lowest BCUT2D eigenvalue weighted by Crippen LogP contribution is -2.42. The van der Waals surface area contributed by atoms with Crippen LogP contribution in [0.4, 0.5) is 0 Å². The molecule has 0 aromatic rings. The fourth-order valence-electron chi connectivity index (χ4n) is 1.85. The van der Waals surface area contributed by atoms with E-state index in [1.165, 1.54) is 0 Å². The van der Waals surface area contributed by atoms with Crippen molar-refractivity contribution in [1.29, 1.82) is 0 Å². The molecule has 2 unspecified atom stereocenters. The fraction of sp³-hybridized carbons (Fsp3) is 0.867. The Bertz CT molecular complexity index is 347. The van der Waals surface area contributed by atoms with Crippen LogP contribution in [-0.2, 0) is 14.3 Å². The van der Waals surface area contributed by atoms with Crippen LogP contribution in [0.3, 0.4) is 0 Å². The Labute approximate surface area is 139 Å². The van der Waals surface area contributed by atoms with E-state index in [2.05, 4.69) is 23.3 Å². The number of unbranched alkanes of at least 4 members (excludes halogenated alkanes) is 1. The molecular formula is C15H31N3O3S. The Balaban J connectivity index is 3.98. The van der Waals surface area contributed by atoms with E-state index in [1.807, 2.05) is 20.8 Å². The SMILES string of the molecule is CC(N)CCCCNC(=O)CC(C)(C)COC(C)(S)NC=O. The monoisotopic (exact) mass is 333 g/mol. The zero-order valence-electron chi connectivity index (χ0n) is 14.1. The van der Waals surface area contributed by atoms with Crippen LogP contribution in [0.25, 0.3) is 0 Å². The van der Waals surface area contributed by atoms with Crippen molar-refractivity contribution < 1.29 is 14.3 Å². The van der Waals surface area contributed by atoms with Crippen LogP contribution in [0.15, 0.2) is 0 Å². The summed E-state index contributed by atoms with van der Waals surface area (Å²) < 4.78 is 5.53. The molecule has 0 rings (SSSR count). The molecule has 2 amide bonds. The van der Waals surface area contributed by atoms with Crippen molar-refractivity contribution in [2.24, 2.45) is 11.1 Å². The molecule has 0 fully saturated rings. The number of amides is 2. The van der Waals surface area contributed by atoms with Gasteiger partial charge in [-0.3, -0.25) is 9.59 Å². The molecule has 0 saturated heterocycles. The molecule has 22 heavy (non-hydrogen) atoms. The molecule has 7 heteroatoms. The summed E-state index contributed by atoms with van der Waals surface area (Å²) in [5.74, 6) is -0.00129. The lowest BCUT2D eigenvalue weighted by Gasteiger charge is -2.30. The van der Waals surface area contributed by atoms with E-state index in [1.54, 1.807) is 6.92 Å². The first-order valence-corrected chi connectivity index (χ1v) is 8.13. The summed E-state index contributed by atoms with van der Waals surface area (Å²) in [5.41, 5.74) is 5.33. The van der Waals surface area contributed by atoms with Crippen molar-refractivity contribution in [3.05, 3.63) is 0 Å². The van der Waals surface area contributed by atoms with E-state index in [0.717, 1.165) is 19.3 Å². The van der Waals surface area contributed by atoms with Crippen LogP contribution in [0.5, 0.6) is 0 Å². The lowest BCUT2D eigenvalue weighted by molar-refractivity contribution is -0.126. The minimum absolute atomic E-state index is 0.00129. The van der Waals surface area contributed by atoms with Gasteiger partial charge in [-0.1, -0.05) is 20.3 Å². The molecule has 130 valence electrons. The molecule has 0 saturated carbocycles. The Hall–Kier alpha value is -0.790. The highest BCUT2D eigenvalue weighted by Crippen LogP contribution is 2.24. The second-order valence-corrected chi connectivity index (χ2v) is 7.55. The third-order valence-corrected chi connectivity index (χ3v) is 3.38. The number of carbonyl (C=O) groups is 2. The quantitative estimate of drug-likeness (QED) is 0.188. The average molecular weight is 333 g/mol. The summed E-state index contributed by atoms with van der Waals surface area (Å²) in [5, 5.41) is 4.33. The first kappa shape index (κ1) is 21.2. The van der Waals surface area contributed by atoms with Gasteiger partial charge in [0, 0.05) is 19.0 Å². The van der Waals surface area contributed by atoms with Crippen molar-refractivity contribution in [2.75, 3.05) is 13.2 Å². The second kappa shape index (κ2) is 10.1. The summed E-state index contributed by atoms with van der Waals surface area (Å²) in [7, 11) is 0. The lowest BCUT2D eigenvalue weighted by atomic mass is 9.90. The minimum atomic E-state index is -1.03. The second-order valence-electron chi connectivity index (χ2n) is 6.70. The van der Waals surface area contributed by atoms with Crippen LogP contribution < -0.4 is 16.4 Å². The van der Waals surface area contributed by atoms with E-state index in [4.69, 9.17) is 10.5 Å². The first-order chi connectivity index (χ1) is 10.1. The molecule has 0 spiro atoms. The standard InChI is InChI=1S/C15H31N3O3S/c1-12(16)7-5-6-8-17-13(20)9-14(2,3)10-21-15(4,22)18-11-19/h11-12,22H,5-10,16H2,1-4H3,(H,17,20)(H,18,19). The molecule has 0 radical (unpaired) electrons. The van der Waals surface area contributed by atoms with Gasteiger partial charge in [0.25, 0.3) is 0 Å². The van der Waals surface area contributed by atoms with Crippen molar-refractivity contribution in [1.82, 2.24) is 10.6 Å². The molecule has 0 heterocycles. The topological polar surface area (TPSA) is 93.4 Å². The third kappa shape index (κ3) is 11.8. The maximum atomic E-state index is 11.9. The zero-order valence-corrected chi connectivity index (χ0v) is 15.0. The van der Waals surface area contributed by atoms with E-state index in [9.17, 15) is 9.59 Å². The summed E-state index contributed by atoms with van der Waals surface area (Å²) in [6, 6.07) is 0.210. The van der Waals surface area contributed by atoms with E-state index in [-0.39, 0.29) is 17.4 Å². The van der Waals surface area contributed by atoms with Crippen molar-refractivity contribution in [3.8, 4) is 0 Å². The third-order valence-electron chi connectivity index (χ3n) is 3.12. The van der Waals surface area contributed by atoms with Crippen molar-refractivity contribution in [2.45, 2.75) is 64.5 Å². The normalized spacial score (nSPS) is 15.7. The van der Waals surface area contributed by atoms with Gasteiger partial charge in [0.1, 0.15) is 0 Å². The number of hydrogen-bond acceptors (Lipinski definition) is 5. The maximum absolute atomic E-state index is 11.9. The number of hydrogen-bond donors (Lipinski definition) is 4. The van der Waals surface area contributed by atoms with Crippen LogP contribution in [-0.4, -0.2) is 36.6 Å². The van der Waals surface area contributed by atoms with Crippen LogP contribution in [0, 0.1) is 5.41 Å². The van der Waals surface area contributed by atoms with Gasteiger partial charge in [0.2, 0.25) is 12.3 Å². The van der Waals surface area contributed by atoms with Gasteiger partial charge in [0.05, 0.1) is 6.61 Å². The number of rotatable bonds is 12. The van der Waals surface area contributed by atoms with E-state index >= 15 is 0 Å². The van der Waals surface area contributed by atoms with E-state index < -0.39 is 5.06 Å². The Morgan fingerprint density at radius 1 is 1.36 bits per heavy atom. The first-order valence-electron chi connectivity index (χ1n) is 7.68. The predicted molar refractivity (Wildman–Crippen MR) is 91.5 cm³/mol. The molecule has 4 N–H and O–H groups in total. The van der Waals surface area contributed by atoms with Gasteiger partial charge in [-0.2, -0.15) is 0 Å². The highest BCUT2D eigenvalue weighted by atomic mass is 32.1. The van der Waals surface area contributed by atoms with Gasteiger partial charge in [-0.25, -0.2) is 0 Å². The number of nitrogens with one attached hydrogen (secondary N) is 2. The minimum Gasteiger partial charge on any atom is -0.356 e. The molecule has 0 aliphatic heterocycles. The van der Waals surface area contributed by atoms with Crippen molar-refractivity contribution in [3.63, 3.8) is 0 Å². The van der Waals surface area contributed by atoms with Crippen LogP contribution in [0.1, 0.15) is 53.4 Å². The van der Waals surface area contributed by atoms with Crippen LogP contribution >= 0.6 is 12.6 Å². The highest BCUT2D eigenvalue weighted by Gasteiger charge is 2.27. The summed E-state index contributed by atoms with van der Waals surface area (Å²) in [6.07, 6.45) is 3.81. The fourth-order valence-corrected chi connectivity index (χ4v) is 1.97. The Kier molecular flexibility index (Phi) is 9.71. The summed E-state index contributed by atoms with van der Waals surface area (Å²) in [6.45, 7) is 8.47. The molecular weight excluding hydrogens is 302 g/mol. The molecule has 0 aliphatic rings. The Morgan fingerprint density at radius 3 is 2.55 bits per heavy atom. The number of carbonyl (C=O) groups excluding carboxylic acids is 2. The largest absolute Gasteiger partial charge is 0.356 e. The van der Waals surface area contributed by atoms with Gasteiger partial charge in [-0.05, 0) is 32.1 Å². The number of ether oxygens (including phenoxy) is 1. The number of thiol groups is 1. The molecule has 0 aromatic heterocycles.